The van der Waals surface area contributed by atoms with Crippen molar-refractivity contribution in [2.45, 2.75) is 78.1 Å². The Kier molecular flexibility index (Phi) is 8.20. The molecule has 3 nitrogen and oxygen atoms in total. The Hall–Kier alpha value is -0.570. The summed E-state index contributed by atoms with van der Waals surface area (Å²) < 4.78 is 0. The standard InChI is InChI=1S/C17H33NO2/c1-3-5-6-7-8-9-10-13-18-14-11-12-17(4-2,15-18)16(19)20/h3-15H2,1-2H3,(H,19,20). The fourth-order valence-corrected chi connectivity index (χ4v) is 3.32. The molecule has 3 heteroatoms. The predicted molar refractivity (Wildman–Crippen MR) is 84.0 cm³/mol. The number of unbranched alkanes of at least 4 members (excludes halogenated alkanes) is 6. The minimum Gasteiger partial charge on any atom is -0.481 e. The van der Waals surface area contributed by atoms with E-state index in [0.717, 1.165) is 38.9 Å². The first-order chi connectivity index (χ1) is 9.64. The molecule has 0 spiro atoms. The number of carbonyl (C=O) groups is 1. The number of piperidine rings is 1. The van der Waals surface area contributed by atoms with Crippen molar-refractivity contribution >= 4 is 5.97 Å². The second-order valence-corrected chi connectivity index (χ2v) is 6.44. The molecular formula is C17H33NO2. The lowest BCUT2D eigenvalue weighted by Crippen LogP contribution is -2.47. The first-order valence-electron chi connectivity index (χ1n) is 8.60. The molecule has 0 saturated carbocycles. The van der Waals surface area contributed by atoms with E-state index in [1.165, 1.54) is 44.9 Å². The Morgan fingerprint density at radius 1 is 1.10 bits per heavy atom. The van der Waals surface area contributed by atoms with Crippen LogP contribution in [0, 0.1) is 5.41 Å². The molecule has 118 valence electrons. The summed E-state index contributed by atoms with van der Waals surface area (Å²) in [7, 11) is 0. The van der Waals surface area contributed by atoms with Crippen LogP contribution in [0.1, 0.15) is 78.1 Å². The minimum atomic E-state index is -0.593. The molecule has 0 aromatic heterocycles. The molecule has 1 N–H and O–H groups in total. The van der Waals surface area contributed by atoms with Crippen molar-refractivity contribution in [1.29, 1.82) is 0 Å². The molecule has 0 aliphatic carbocycles. The topological polar surface area (TPSA) is 40.5 Å². The van der Waals surface area contributed by atoms with Gasteiger partial charge in [-0.15, -0.1) is 0 Å². The third-order valence-corrected chi connectivity index (χ3v) is 4.86. The summed E-state index contributed by atoms with van der Waals surface area (Å²) in [4.78, 5) is 13.9. The average Bonchev–Trinajstić information content (AvgIpc) is 2.46. The number of hydrogen-bond donors (Lipinski definition) is 1. The van der Waals surface area contributed by atoms with Gasteiger partial charge in [-0.1, -0.05) is 52.4 Å². The van der Waals surface area contributed by atoms with Crippen molar-refractivity contribution in [2.24, 2.45) is 5.41 Å². The van der Waals surface area contributed by atoms with Crippen LogP contribution in [0.4, 0.5) is 0 Å². The van der Waals surface area contributed by atoms with E-state index in [9.17, 15) is 9.90 Å². The van der Waals surface area contributed by atoms with Gasteiger partial charge in [-0.05, 0) is 38.8 Å². The molecule has 1 rings (SSSR count). The molecule has 1 fully saturated rings. The van der Waals surface area contributed by atoms with Gasteiger partial charge in [0.15, 0.2) is 0 Å². The summed E-state index contributed by atoms with van der Waals surface area (Å²) in [6.07, 6.45) is 11.9. The molecule has 0 aromatic carbocycles. The van der Waals surface area contributed by atoms with Crippen LogP contribution in [0.3, 0.4) is 0 Å². The quantitative estimate of drug-likeness (QED) is 0.607. The van der Waals surface area contributed by atoms with Crippen molar-refractivity contribution < 1.29 is 9.90 Å². The van der Waals surface area contributed by atoms with E-state index in [0.29, 0.717) is 0 Å². The zero-order chi connectivity index (χ0) is 14.8. The average molecular weight is 283 g/mol. The van der Waals surface area contributed by atoms with Gasteiger partial charge >= 0.3 is 5.97 Å². The Bertz CT molecular complexity index is 280. The lowest BCUT2D eigenvalue weighted by Gasteiger charge is -2.39. The maximum Gasteiger partial charge on any atom is 0.310 e. The van der Waals surface area contributed by atoms with E-state index < -0.39 is 11.4 Å². The normalized spacial score (nSPS) is 23.9. The van der Waals surface area contributed by atoms with E-state index in [4.69, 9.17) is 0 Å². The van der Waals surface area contributed by atoms with Crippen LogP contribution in [0.2, 0.25) is 0 Å². The number of hydrogen-bond acceptors (Lipinski definition) is 2. The number of rotatable bonds is 10. The Morgan fingerprint density at radius 3 is 2.35 bits per heavy atom. The van der Waals surface area contributed by atoms with E-state index in [2.05, 4.69) is 11.8 Å². The molecule has 1 saturated heterocycles. The van der Waals surface area contributed by atoms with Gasteiger partial charge in [-0.25, -0.2) is 0 Å². The molecule has 0 bridgehead atoms. The summed E-state index contributed by atoms with van der Waals surface area (Å²) in [6.45, 7) is 7.20. The van der Waals surface area contributed by atoms with Gasteiger partial charge in [-0.3, -0.25) is 4.79 Å². The number of likely N-dealkylation sites (tertiary alicyclic amines) is 1. The van der Waals surface area contributed by atoms with Crippen LogP contribution in [-0.2, 0) is 4.79 Å². The molecule has 1 heterocycles. The van der Waals surface area contributed by atoms with Gasteiger partial charge in [0.1, 0.15) is 0 Å². The van der Waals surface area contributed by atoms with E-state index in [-0.39, 0.29) is 0 Å². The van der Waals surface area contributed by atoms with Gasteiger partial charge in [0.2, 0.25) is 0 Å². The molecule has 1 unspecified atom stereocenters. The lowest BCUT2D eigenvalue weighted by atomic mass is 9.77. The van der Waals surface area contributed by atoms with Crippen LogP contribution < -0.4 is 0 Å². The van der Waals surface area contributed by atoms with Crippen LogP contribution >= 0.6 is 0 Å². The fraction of sp³-hybridized carbons (Fsp3) is 0.941. The maximum atomic E-state index is 11.5. The van der Waals surface area contributed by atoms with Gasteiger partial charge in [0.25, 0.3) is 0 Å². The van der Waals surface area contributed by atoms with E-state index >= 15 is 0 Å². The Balaban J connectivity index is 2.19. The highest BCUT2D eigenvalue weighted by Gasteiger charge is 2.40. The molecule has 1 aliphatic rings. The molecule has 0 radical (unpaired) electrons. The third kappa shape index (κ3) is 5.43. The summed E-state index contributed by atoms with van der Waals surface area (Å²) in [5.41, 5.74) is -0.473. The van der Waals surface area contributed by atoms with E-state index in [1.807, 2.05) is 6.92 Å². The van der Waals surface area contributed by atoms with Crippen molar-refractivity contribution in [3.8, 4) is 0 Å². The van der Waals surface area contributed by atoms with Crippen LogP contribution in [-0.4, -0.2) is 35.6 Å². The van der Waals surface area contributed by atoms with Crippen molar-refractivity contribution in [3.63, 3.8) is 0 Å². The SMILES string of the molecule is CCCCCCCCCN1CCCC(CC)(C(=O)O)C1. The van der Waals surface area contributed by atoms with Gasteiger partial charge in [0.05, 0.1) is 5.41 Å². The maximum absolute atomic E-state index is 11.5. The number of carboxylic acid groups (broad SMARTS) is 1. The number of aliphatic carboxylic acids is 1. The lowest BCUT2D eigenvalue weighted by molar-refractivity contribution is -0.152. The Morgan fingerprint density at radius 2 is 1.75 bits per heavy atom. The van der Waals surface area contributed by atoms with Gasteiger partial charge < -0.3 is 10.0 Å². The summed E-state index contributed by atoms with van der Waals surface area (Å²) in [5.74, 6) is -0.593. The second-order valence-electron chi connectivity index (χ2n) is 6.44. The number of nitrogens with zero attached hydrogens (tertiary/aromatic N) is 1. The van der Waals surface area contributed by atoms with Crippen LogP contribution in [0.15, 0.2) is 0 Å². The minimum absolute atomic E-state index is 0.473. The third-order valence-electron chi connectivity index (χ3n) is 4.86. The Labute approximate surface area is 124 Å². The highest BCUT2D eigenvalue weighted by molar-refractivity contribution is 5.75. The first kappa shape index (κ1) is 17.5. The number of carboxylic acids is 1. The first-order valence-corrected chi connectivity index (χ1v) is 8.60. The van der Waals surface area contributed by atoms with E-state index in [1.54, 1.807) is 0 Å². The highest BCUT2D eigenvalue weighted by Crippen LogP contribution is 2.33. The highest BCUT2D eigenvalue weighted by atomic mass is 16.4. The predicted octanol–water partition coefficient (Wildman–Crippen LogP) is 4.31. The van der Waals surface area contributed by atoms with Gasteiger partial charge in [0, 0.05) is 6.54 Å². The van der Waals surface area contributed by atoms with Crippen molar-refractivity contribution in [1.82, 2.24) is 4.90 Å². The largest absolute Gasteiger partial charge is 0.481 e. The smallest absolute Gasteiger partial charge is 0.310 e. The molecule has 1 atom stereocenters. The van der Waals surface area contributed by atoms with Crippen molar-refractivity contribution in [3.05, 3.63) is 0 Å². The summed E-state index contributed by atoms with van der Waals surface area (Å²) >= 11 is 0. The van der Waals surface area contributed by atoms with Crippen LogP contribution in [0.5, 0.6) is 0 Å². The van der Waals surface area contributed by atoms with Gasteiger partial charge in [-0.2, -0.15) is 0 Å². The fourth-order valence-electron chi connectivity index (χ4n) is 3.32. The molecule has 0 aromatic rings. The molecular weight excluding hydrogens is 250 g/mol. The molecule has 1 aliphatic heterocycles. The molecule has 20 heavy (non-hydrogen) atoms. The zero-order valence-electron chi connectivity index (χ0n) is 13.5. The van der Waals surface area contributed by atoms with Crippen molar-refractivity contribution in [2.75, 3.05) is 19.6 Å². The molecule has 0 amide bonds. The monoisotopic (exact) mass is 283 g/mol. The zero-order valence-corrected chi connectivity index (χ0v) is 13.5. The second kappa shape index (κ2) is 9.38. The summed E-state index contributed by atoms with van der Waals surface area (Å²) in [6, 6.07) is 0. The van der Waals surface area contributed by atoms with Crippen LogP contribution in [0.25, 0.3) is 0 Å². The summed E-state index contributed by atoms with van der Waals surface area (Å²) in [5, 5.41) is 9.47.